The zero-order chi connectivity index (χ0) is 9.14. The highest BCUT2D eigenvalue weighted by molar-refractivity contribution is 6.31. The van der Waals surface area contributed by atoms with Crippen LogP contribution in [-0.2, 0) is 0 Å². The molecule has 0 saturated carbocycles. The number of rotatable bonds is 2. The van der Waals surface area contributed by atoms with Crippen LogP contribution in [0.1, 0.15) is 11.1 Å². The predicted molar refractivity (Wildman–Crippen MR) is 53.6 cm³/mol. The standard InChI is InChI=1S/C9H13ClN2/c1-6-4-8(10)5-9(7(6)2)12-11-3/h4-5,11-12H,1-3H3. The summed E-state index contributed by atoms with van der Waals surface area (Å²) < 4.78 is 0. The summed E-state index contributed by atoms with van der Waals surface area (Å²) in [5.74, 6) is 0. The van der Waals surface area contributed by atoms with E-state index in [1.165, 1.54) is 11.1 Å². The Bertz CT molecular complexity index is 284. The topological polar surface area (TPSA) is 24.1 Å². The summed E-state index contributed by atoms with van der Waals surface area (Å²) in [5.41, 5.74) is 9.33. The highest BCUT2D eigenvalue weighted by atomic mass is 35.5. The largest absolute Gasteiger partial charge is 0.321 e. The third-order valence-corrected chi connectivity index (χ3v) is 2.11. The monoisotopic (exact) mass is 184 g/mol. The summed E-state index contributed by atoms with van der Waals surface area (Å²) in [6.07, 6.45) is 0. The Kier molecular flexibility index (Phi) is 2.95. The van der Waals surface area contributed by atoms with Crippen molar-refractivity contribution in [2.75, 3.05) is 12.5 Å². The molecule has 66 valence electrons. The molecule has 0 radical (unpaired) electrons. The van der Waals surface area contributed by atoms with E-state index in [4.69, 9.17) is 11.6 Å². The molecule has 0 aliphatic rings. The van der Waals surface area contributed by atoms with Gasteiger partial charge in [-0.05, 0) is 37.1 Å². The number of aryl methyl sites for hydroxylation is 1. The smallest absolute Gasteiger partial charge is 0.0534 e. The van der Waals surface area contributed by atoms with Crippen LogP contribution in [0.25, 0.3) is 0 Å². The number of hydrazine groups is 1. The fourth-order valence-corrected chi connectivity index (χ4v) is 1.35. The molecule has 0 heterocycles. The van der Waals surface area contributed by atoms with Gasteiger partial charge in [-0.2, -0.15) is 0 Å². The van der Waals surface area contributed by atoms with Gasteiger partial charge in [-0.15, -0.1) is 0 Å². The van der Waals surface area contributed by atoms with E-state index in [2.05, 4.69) is 17.8 Å². The normalized spacial score (nSPS) is 10.0. The highest BCUT2D eigenvalue weighted by Crippen LogP contribution is 2.23. The zero-order valence-electron chi connectivity index (χ0n) is 7.53. The van der Waals surface area contributed by atoms with E-state index >= 15 is 0 Å². The fourth-order valence-electron chi connectivity index (χ4n) is 1.08. The van der Waals surface area contributed by atoms with Crippen LogP contribution >= 0.6 is 11.6 Å². The molecule has 1 aromatic rings. The summed E-state index contributed by atoms with van der Waals surface area (Å²) in [4.78, 5) is 0. The lowest BCUT2D eigenvalue weighted by atomic mass is 10.1. The maximum atomic E-state index is 5.89. The molecule has 1 aromatic carbocycles. The van der Waals surface area contributed by atoms with Gasteiger partial charge in [-0.3, -0.25) is 0 Å². The second-order valence-electron chi connectivity index (χ2n) is 2.77. The van der Waals surface area contributed by atoms with Crippen LogP contribution in [0.2, 0.25) is 5.02 Å². The zero-order valence-corrected chi connectivity index (χ0v) is 8.29. The molecule has 2 N–H and O–H groups in total. The first-order chi connectivity index (χ1) is 5.65. The number of hydrogen-bond donors (Lipinski definition) is 2. The van der Waals surface area contributed by atoms with Crippen LogP contribution in [0, 0.1) is 13.8 Å². The molecule has 0 saturated heterocycles. The molecule has 0 amide bonds. The van der Waals surface area contributed by atoms with Gasteiger partial charge in [0.1, 0.15) is 0 Å². The SMILES string of the molecule is CNNc1cc(Cl)cc(C)c1C. The quantitative estimate of drug-likeness (QED) is 0.691. The van der Waals surface area contributed by atoms with E-state index in [1.54, 1.807) is 0 Å². The van der Waals surface area contributed by atoms with Crippen molar-refractivity contribution in [2.45, 2.75) is 13.8 Å². The van der Waals surface area contributed by atoms with Crippen LogP contribution in [0.5, 0.6) is 0 Å². The van der Waals surface area contributed by atoms with E-state index in [1.807, 2.05) is 26.1 Å². The number of halogens is 1. The first-order valence-corrected chi connectivity index (χ1v) is 4.22. The van der Waals surface area contributed by atoms with Gasteiger partial charge in [-0.25, -0.2) is 5.43 Å². The molecule has 12 heavy (non-hydrogen) atoms. The van der Waals surface area contributed by atoms with Crippen LogP contribution in [0.4, 0.5) is 5.69 Å². The van der Waals surface area contributed by atoms with Gasteiger partial charge in [0.25, 0.3) is 0 Å². The lowest BCUT2D eigenvalue weighted by Crippen LogP contribution is -2.16. The number of nitrogens with one attached hydrogen (secondary N) is 2. The van der Waals surface area contributed by atoms with Crippen molar-refractivity contribution in [3.63, 3.8) is 0 Å². The van der Waals surface area contributed by atoms with Gasteiger partial charge in [0, 0.05) is 12.1 Å². The van der Waals surface area contributed by atoms with E-state index in [9.17, 15) is 0 Å². The minimum absolute atomic E-state index is 0.760. The molecule has 0 aliphatic carbocycles. The molecule has 0 atom stereocenters. The van der Waals surface area contributed by atoms with E-state index in [0.717, 1.165) is 10.7 Å². The average molecular weight is 185 g/mol. The summed E-state index contributed by atoms with van der Waals surface area (Å²) in [7, 11) is 1.83. The van der Waals surface area contributed by atoms with Gasteiger partial charge in [-0.1, -0.05) is 11.6 Å². The first kappa shape index (κ1) is 9.36. The van der Waals surface area contributed by atoms with Crippen molar-refractivity contribution < 1.29 is 0 Å². The van der Waals surface area contributed by atoms with Gasteiger partial charge in [0.15, 0.2) is 0 Å². The Morgan fingerprint density at radius 3 is 2.50 bits per heavy atom. The molecule has 2 nitrogen and oxygen atoms in total. The Balaban J connectivity index is 3.09. The average Bonchev–Trinajstić information content (AvgIpc) is 2.00. The van der Waals surface area contributed by atoms with Crippen molar-refractivity contribution in [2.24, 2.45) is 0 Å². The maximum Gasteiger partial charge on any atom is 0.0534 e. The summed E-state index contributed by atoms with van der Waals surface area (Å²) in [6.45, 7) is 4.10. The Hall–Kier alpha value is -0.730. The second kappa shape index (κ2) is 3.78. The van der Waals surface area contributed by atoms with Crippen molar-refractivity contribution in [1.29, 1.82) is 0 Å². The van der Waals surface area contributed by atoms with E-state index < -0.39 is 0 Å². The minimum Gasteiger partial charge on any atom is -0.321 e. The lowest BCUT2D eigenvalue weighted by Gasteiger charge is -2.10. The van der Waals surface area contributed by atoms with Crippen LogP contribution in [0.15, 0.2) is 12.1 Å². The maximum absolute atomic E-state index is 5.89. The van der Waals surface area contributed by atoms with Gasteiger partial charge in [0.2, 0.25) is 0 Å². The van der Waals surface area contributed by atoms with E-state index in [0.29, 0.717) is 0 Å². The van der Waals surface area contributed by atoms with Gasteiger partial charge in [0.05, 0.1) is 5.69 Å². The molecule has 0 spiro atoms. The molecule has 0 unspecified atom stereocenters. The third kappa shape index (κ3) is 1.90. The van der Waals surface area contributed by atoms with Gasteiger partial charge < -0.3 is 5.43 Å². The minimum atomic E-state index is 0.760. The van der Waals surface area contributed by atoms with Crippen molar-refractivity contribution in [1.82, 2.24) is 5.43 Å². The molecule has 0 fully saturated rings. The Labute approximate surface area is 77.9 Å². The van der Waals surface area contributed by atoms with Crippen LogP contribution in [-0.4, -0.2) is 7.05 Å². The fraction of sp³-hybridized carbons (Fsp3) is 0.333. The van der Waals surface area contributed by atoms with Gasteiger partial charge >= 0.3 is 0 Å². The number of anilines is 1. The van der Waals surface area contributed by atoms with Crippen molar-refractivity contribution in [3.8, 4) is 0 Å². The Morgan fingerprint density at radius 1 is 1.25 bits per heavy atom. The summed E-state index contributed by atoms with van der Waals surface area (Å²) >= 11 is 5.89. The molecule has 0 aliphatic heterocycles. The third-order valence-electron chi connectivity index (χ3n) is 1.89. The molecule has 1 rings (SSSR count). The highest BCUT2D eigenvalue weighted by Gasteiger charge is 2.01. The molecule has 0 aromatic heterocycles. The van der Waals surface area contributed by atoms with E-state index in [-0.39, 0.29) is 0 Å². The lowest BCUT2D eigenvalue weighted by molar-refractivity contribution is 0.978. The number of hydrogen-bond acceptors (Lipinski definition) is 2. The summed E-state index contributed by atoms with van der Waals surface area (Å²) in [6, 6.07) is 3.86. The molecule has 3 heteroatoms. The molecule has 0 bridgehead atoms. The molecular weight excluding hydrogens is 172 g/mol. The summed E-state index contributed by atoms with van der Waals surface area (Å²) in [5, 5.41) is 0.760. The second-order valence-corrected chi connectivity index (χ2v) is 3.21. The van der Waals surface area contributed by atoms with Crippen LogP contribution < -0.4 is 10.9 Å². The van der Waals surface area contributed by atoms with Crippen LogP contribution in [0.3, 0.4) is 0 Å². The molecular formula is C9H13ClN2. The first-order valence-electron chi connectivity index (χ1n) is 3.84. The predicted octanol–water partition coefficient (Wildman–Crippen LogP) is 2.50. The van der Waals surface area contributed by atoms with Crippen molar-refractivity contribution >= 4 is 17.3 Å². The van der Waals surface area contributed by atoms with Crippen molar-refractivity contribution in [3.05, 3.63) is 28.3 Å². The Morgan fingerprint density at radius 2 is 1.92 bits per heavy atom. The number of benzene rings is 1.